The van der Waals surface area contributed by atoms with E-state index >= 15 is 0 Å². The lowest BCUT2D eigenvalue weighted by Crippen LogP contribution is -2.28. The molecule has 7 nitrogen and oxygen atoms in total. The standard InChI is InChI=1S/C27H24N4O3/c1-17-10-12-21(13-11-17)31-16-20(15-24(31)32)26(33)28-23-9-4-3-8-22(23)27-29-25(30-34-27)19-7-5-6-18(2)14-19/h3-14,20H,15-16H2,1-2H3,(H,28,33)/t20-/m0/s1. The zero-order valence-electron chi connectivity index (χ0n) is 19.0. The number of hydrogen-bond donors (Lipinski definition) is 1. The molecule has 4 aromatic rings. The van der Waals surface area contributed by atoms with E-state index in [2.05, 4.69) is 15.5 Å². The minimum absolute atomic E-state index is 0.0583. The Morgan fingerprint density at radius 1 is 1.00 bits per heavy atom. The third kappa shape index (κ3) is 4.32. The first-order chi connectivity index (χ1) is 16.5. The summed E-state index contributed by atoms with van der Waals surface area (Å²) in [6.45, 7) is 4.34. The van der Waals surface area contributed by atoms with E-state index in [9.17, 15) is 9.59 Å². The van der Waals surface area contributed by atoms with Gasteiger partial charge < -0.3 is 14.7 Å². The summed E-state index contributed by atoms with van der Waals surface area (Å²) < 4.78 is 5.52. The molecule has 1 aliphatic heterocycles. The highest BCUT2D eigenvalue weighted by atomic mass is 16.5. The molecule has 34 heavy (non-hydrogen) atoms. The molecule has 0 radical (unpaired) electrons. The molecule has 3 aromatic carbocycles. The molecule has 0 saturated carbocycles. The molecule has 1 N–H and O–H groups in total. The van der Waals surface area contributed by atoms with E-state index in [0.717, 1.165) is 22.4 Å². The van der Waals surface area contributed by atoms with Crippen molar-refractivity contribution >= 4 is 23.2 Å². The van der Waals surface area contributed by atoms with Crippen LogP contribution in [0.4, 0.5) is 11.4 Å². The number of carbonyl (C=O) groups excluding carboxylic acids is 2. The maximum Gasteiger partial charge on any atom is 0.260 e. The number of carbonyl (C=O) groups is 2. The van der Waals surface area contributed by atoms with Crippen molar-refractivity contribution in [2.75, 3.05) is 16.8 Å². The van der Waals surface area contributed by atoms with Gasteiger partial charge in [-0.3, -0.25) is 9.59 Å². The van der Waals surface area contributed by atoms with E-state index < -0.39 is 5.92 Å². The Morgan fingerprint density at radius 2 is 1.79 bits per heavy atom. The fourth-order valence-electron chi connectivity index (χ4n) is 4.11. The summed E-state index contributed by atoms with van der Waals surface area (Å²) in [5.41, 5.74) is 5.07. The molecule has 1 aromatic heterocycles. The second kappa shape index (κ2) is 8.94. The van der Waals surface area contributed by atoms with E-state index in [1.54, 1.807) is 11.0 Å². The normalized spacial score (nSPS) is 15.5. The average Bonchev–Trinajstić information content (AvgIpc) is 3.47. The van der Waals surface area contributed by atoms with Crippen LogP contribution in [0.15, 0.2) is 77.3 Å². The fourth-order valence-corrected chi connectivity index (χ4v) is 4.11. The molecule has 1 atom stereocenters. The number of benzene rings is 3. The maximum absolute atomic E-state index is 13.1. The van der Waals surface area contributed by atoms with Gasteiger partial charge in [-0.2, -0.15) is 4.98 Å². The van der Waals surface area contributed by atoms with Crippen LogP contribution in [0.2, 0.25) is 0 Å². The SMILES string of the molecule is Cc1ccc(N2C[C@@H](C(=O)Nc3ccccc3-c3nc(-c4cccc(C)c4)no3)CC2=O)cc1. The highest BCUT2D eigenvalue weighted by Crippen LogP contribution is 2.31. The largest absolute Gasteiger partial charge is 0.334 e. The number of para-hydroxylation sites is 1. The lowest BCUT2D eigenvalue weighted by molar-refractivity contribution is -0.122. The smallest absolute Gasteiger partial charge is 0.260 e. The highest BCUT2D eigenvalue weighted by Gasteiger charge is 2.35. The predicted molar refractivity (Wildman–Crippen MR) is 130 cm³/mol. The number of aryl methyl sites for hydroxylation is 2. The van der Waals surface area contributed by atoms with Crippen LogP contribution in [0.25, 0.3) is 22.8 Å². The van der Waals surface area contributed by atoms with E-state index in [4.69, 9.17) is 4.52 Å². The number of anilines is 2. The zero-order chi connectivity index (χ0) is 23.7. The van der Waals surface area contributed by atoms with Crippen LogP contribution in [-0.4, -0.2) is 28.5 Å². The van der Waals surface area contributed by atoms with Crippen LogP contribution in [0.5, 0.6) is 0 Å². The first kappa shape index (κ1) is 21.6. The van der Waals surface area contributed by atoms with Crippen LogP contribution in [0.1, 0.15) is 17.5 Å². The second-order valence-corrected chi connectivity index (χ2v) is 8.57. The van der Waals surface area contributed by atoms with Crippen LogP contribution in [0, 0.1) is 19.8 Å². The molecule has 0 aliphatic carbocycles. The third-order valence-electron chi connectivity index (χ3n) is 5.96. The number of hydrogen-bond acceptors (Lipinski definition) is 5. The molecule has 7 heteroatoms. The molecular formula is C27H24N4O3. The number of aromatic nitrogens is 2. The number of nitrogens with zero attached hydrogens (tertiary/aromatic N) is 3. The van der Waals surface area contributed by atoms with Crippen molar-refractivity contribution in [1.82, 2.24) is 10.1 Å². The second-order valence-electron chi connectivity index (χ2n) is 8.57. The van der Waals surface area contributed by atoms with Gasteiger partial charge in [-0.1, -0.05) is 58.7 Å². The van der Waals surface area contributed by atoms with E-state index in [-0.39, 0.29) is 18.2 Å². The first-order valence-corrected chi connectivity index (χ1v) is 11.2. The molecule has 170 valence electrons. The van der Waals surface area contributed by atoms with Gasteiger partial charge in [-0.05, 0) is 44.2 Å². The van der Waals surface area contributed by atoms with Gasteiger partial charge in [-0.15, -0.1) is 0 Å². The monoisotopic (exact) mass is 452 g/mol. The van der Waals surface area contributed by atoms with Crippen molar-refractivity contribution in [2.24, 2.45) is 5.92 Å². The van der Waals surface area contributed by atoms with Crippen LogP contribution in [-0.2, 0) is 9.59 Å². The molecule has 0 spiro atoms. The van der Waals surface area contributed by atoms with Gasteiger partial charge in [0, 0.05) is 24.2 Å². The first-order valence-electron chi connectivity index (χ1n) is 11.2. The Morgan fingerprint density at radius 3 is 2.59 bits per heavy atom. The summed E-state index contributed by atoms with van der Waals surface area (Å²) in [7, 11) is 0. The number of rotatable bonds is 5. The maximum atomic E-state index is 13.1. The van der Waals surface area contributed by atoms with Crippen molar-refractivity contribution in [3.63, 3.8) is 0 Å². The molecular weight excluding hydrogens is 428 g/mol. The molecule has 1 saturated heterocycles. The molecule has 1 fully saturated rings. The molecule has 5 rings (SSSR count). The van der Waals surface area contributed by atoms with Gasteiger partial charge in [0.15, 0.2) is 0 Å². The molecule has 2 heterocycles. The van der Waals surface area contributed by atoms with Gasteiger partial charge in [0.25, 0.3) is 5.89 Å². The quantitative estimate of drug-likeness (QED) is 0.460. The van der Waals surface area contributed by atoms with Crippen LogP contribution >= 0.6 is 0 Å². The summed E-state index contributed by atoms with van der Waals surface area (Å²) in [5, 5.41) is 7.08. The van der Waals surface area contributed by atoms with E-state index in [0.29, 0.717) is 29.5 Å². The third-order valence-corrected chi connectivity index (χ3v) is 5.96. The van der Waals surface area contributed by atoms with Gasteiger partial charge in [0.1, 0.15) is 0 Å². The number of amides is 2. The average molecular weight is 453 g/mol. The lowest BCUT2D eigenvalue weighted by Gasteiger charge is -2.17. The summed E-state index contributed by atoms with van der Waals surface area (Å²) in [6, 6.07) is 22.9. The van der Waals surface area contributed by atoms with E-state index in [1.807, 2.05) is 80.6 Å². The number of nitrogens with one attached hydrogen (secondary N) is 1. The minimum Gasteiger partial charge on any atom is -0.334 e. The van der Waals surface area contributed by atoms with Gasteiger partial charge in [-0.25, -0.2) is 0 Å². The van der Waals surface area contributed by atoms with Crippen molar-refractivity contribution in [3.8, 4) is 22.8 Å². The molecule has 2 amide bonds. The van der Waals surface area contributed by atoms with Crippen molar-refractivity contribution in [1.29, 1.82) is 0 Å². The Bertz CT molecular complexity index is 1360. The van der Waals surface area contributed by atoms with Gasteiger partial charge >= 0.3 is 0 Å². The van der Waals surface area contributed by atoms with Crippen LogP contribution < -0.4 is 10.2 Å². The van der Waals surface area contributed by atoms with Gasteiger partial charge in [0.2, 0.25) is 17.6 Å². The van der Waals surface area contributed by atoms with Crippen molar-refractivity contribution in [2.45, 2.75) is 20.3 Å². The lowest BCUT2D eigenvalue weighted by atomic mass is 10.1. The predicted octanol–water partition coefficient (Wildman–Crippen LogP) is 5.01. The van der Waals surface area contributed by atoms with Crippen LogP contribution in [0.3, 0.4) is 0 Å². The molecule has 0 bridgehead atoms. The Kier molecular flexibility index (Phi) is 5.67. The van der Waals surface area contributed by atoms with E-state index in [1.165, 1.54) is 0 Å². The highest BCUT2D eigenvalue weighted by molar-refractivity contribution is 6.04. The Hall–Kier alpha value is -4.26. The summed E-state index contributed by atoms with van der Waals surface area (Å²) >= 11 is 0. The summed E-state index contributed by atoms with van der Waals surface area (Å²) in [6.07, 6.45) is 0.167. The Labute approximate surface area is 197 Å². The summed E-state index contributed by atoms with van der Waals surface area (Å²) in [4.78, 5) is 31.9. The molecule has 0 unspecified atom stereocenters. The van der Waals surface area contributed by atoms with Gasteiger partial charge in [0.05, 0.1) is 17.2 Å². The molecule has 1 aliphatic rings. The topological polar surface area (TPSA) is 88.3 Å². The summed E-state index contributed by atoms with van der Waals surface area (Å²) in [5.74, 6) is 0.0735. The Balaban J connectivity index is 1.34. The zero-order valence-corrected chi connectivity index (χ0v) is 19.0. The fraction of sp³-hybridized carbons (Fsp3) is 0.185. The van der Waals surface area contributed by atoms with Crippen molar-refractivity contribution in [3.05, 3.63) is 83.9 Å². The van der Waals surface area contributed by atoms with Crippen molar-refractivity contribution < 1.29 is 14.1 Å². The minimum atomic E-state index is -0.451.